The molecule has 0 saturated carbocycles. The Morgan fingerprint density at radius 3 is 2.70 bits per heavy atom. The van der Waals surface area contributed by atoms with Gasteiger partial charge < -0.3 is 10.6 Å². The summed E-state index contributed by atoms with van der Waals surface area (Å²) in [6.45, 7) is 1.26. The number of hydrogen-bond acceptors (Lipinski definition) is 2. The molecule has 2 N–H and O–H groups in total. The first-order chi connectivity index (χ1) is 9.38. The molecule has 0 bridgehead atoms. The third-order valence-electron chi connectivity index (χ3n) is 3.22. The summed E-state index contributed by atoms with van der Waals surface area (Å²) in [5, 5.41) is 5.26. The van der Waals surface area contributed by atoms with Gasteiger partial charge in [-0.25, -0.2) is 4.39 Å². The molecule has 1 amide bonds. The minimum absolute atomic E-state index is 0.349. The Balaban J connectivity index is 2.13. The molecule has 1 heterocycles. The maximum absolute atomic E-state index is 13.5. The van der Waals surface area contributed by atoms with Gasteiger partial charge in [0.25, 0.3) is 0 Å². The van der Waals surface area contributed by atoms with Gasteiger partial charge in [-0.2, -0.15) is 13.2 Å². The van der Waals surface area contributed by atoms with Gasteiger partial charge in [0.1, 0.15) is 5.82 Å². The molecule has 7 heteroatoms. The lowest BCUT2D eigenvalue weighted by atomic mass is 9.98. The fraction of sp³-hybridized carbons (Fsp3) is 0.462. The van der Waals surface area contributed by atoms with Crippen molar-refractivity contribution in [2.24, 2.45) is 5.92 Å². The van der Waals surface area contributed by atoms with E-state index in [1.807, 2.05) is 0 Å². The van der Waals surface area contributed by atoms with E-state index in [0.29, 0.717) is 31.2 Å². The van der Waals surface area contributed by atoms with Crippen molar-refractivity contribution in [3.8, 4) is 0 Å². The van der Waals surface area contributed by atoms with Gasteiger partial charge in [-0.1, -0.05) is 0 Å². The lowest BCUT2D eigenvalue weighted by Gasteiger charge is -2.22. The molecule has 1 fully saturated rings. The number of benzene rings is 1. The maximum Gasteiger partial charge on any atom is 0.416 e. The number of alkyl halides is 3. The Hall–Kier alpha value is -1.63. The maximum atomic E-state index is 13.5. The van der Waals surface area contributed by atoms with Crippen molar-refractivity contribution in [3.05, 3.63) is 29.6 Å². The molecule has 0 radical (unpaired) electrons. The van der Waals surface area contributed by atoms with Crippen LogP contribution in [0.4, 0.5) is 23.2 Å². The number of piperidine rings is 1. The molecule has 1 aromatic rings. The smallest absolute Gasteiger partial charge is 0.323 e. The molecule has 0 aromatic heterocycles. The number of anilines is 1. The van der Waals surface area contributed by atoms with Gasteiger partial charge in [-0.15, -0.1) is 0 Å². The van der Waals surface area contributed by atoms with Crippen LogP contribution < -0.4 is 10.6 Å². The largest absolute Gasteiger partial charge is 0.416 e. The van der Waals surface area contributed by atoms with Crippen LogP contribution in [0, 0.1) is 11.7 Å². The molecular formula is C13H14F4N2O. The average molecular weight is 290 g/mol. The van der Waals surface area contributed by atoms with E-state index in [0.717, 1.165) is 13.0 Å². The number of hydrogen-bond donors (Lipinski definition) is 2. The molecular weight excluding hydrogens is 276 g/mol. The van der Waals surface area contributed by atoms with Crippen LogP contribution in [0.15, 0.2) is 18.2 Å². The van der Waals surface area contributed by atoms with Crippen LogP contribution in [0.3, 0.4) is 0 Å². The van der Waals surface area contributed by atoms with Crippen LogP contribution in [-0.4, -0.2) is 19.0 Å². The summed E-state index contributed by atoms with van der Waals surface area (Å²) >= 11 is 0. The monoisotopic (exact) mass is 290 g/mol. The summed E-state index contributed by atoms with van der Waals surface area (Å²) in [4.78, 5) is 11.9. The number of amides is 1. The Bertz CT molecular complexity index is 496. The SMILES string of the molecule is O=C(Nc1cc(C(F)(F)F)ccc1F)[C@H]1CCCNC1. The average Bonchev–Trinajstić information content (AvgIpc) is 2.41. The second-order valence-corrected chi connectivity index (χ2v) is 4.72. The van der Waals surface area contributed by atoms with Crippen molar-refractivity contribution in [2.75, 3.05) is 18.4 Å². The first-order valence-electron chi connectivity index (χ1n) is 6.26. The fourth-order valence-electron chi connectivity index (χ4n) is 2.11. The highest BCUT2D eigenvalue weighted by atomic mass is 19.4. The minimum atomic E-state index is -4.57. The molecule has 20 heavy (non-hydrogen) atoms. The molecule has 1 aromatic carbocycles. The number of rotatable bonds is 2. The van der Waals surface area contributed by atoms with E-state index in [1.54, 1.807) is 0 Å². The van der Waals surface area contributed by atoms with Crippen molar-refractivity contribution in [2.45, 2.75) is 19.0 Å². The zero-order chi connectivity index (χ0) is 14.8. The highest BCUT2D eigenvalue weighted by Crippen LogP contribution is 2.32. The van der Waals surface area contributed by atoms with E-state index < -0.39 is 29.2 Å². The summed E-state index contributed by atoms with van der Waals surface area (Å²) in [5.41, 5.74) is -1.42. The van der Waals surface area contributed by atoms with Gasteiger partial charge in [0.2, 0.25) is 5.91 Å². The zero-order valence-corrected chi connectivity index (χ0v) is 10.6. The standard InChI is InChI=1S/C13H14F4N2O/c14-10-4-3-9(13(15,16)17)6-11(10)19-12(20)8-2-1-5-18-7-8/h3-4,6,8,18H,1-2,5,7H2,(H,19,20)/t8-/m0/s1. The Labute approximate surface area is 113 Å². The van der Waals surface area contributed by atoms with Gasteiger partial charge in [0, 0.05) is 6.54 Å². The quantitative estimate of drug-likeness (QED) is 0.822. The predicted octanol–water partition coefficient (Wildman–Crippen LogP) is 2.78. The molecule has 1 atom stereocenters. The highest BCUT2D eigenvalue weighted by molar-refractivity contribution is 5.93. The highest BCUT2D eigenvalue weighted by Gasteiger charge is 2.31. The number of nitrogens with one attached hydrogen (secondary N) is 2. The Morgan fingerprint density at radius 1 is 1.35 bits per heavy atom. The molecule has 0 unspecified atom stereocenters. The third kappa shape index (κ3) is 3.47. The van der Waals surface area contributed by atoms with Crippen LogP contribution >= 0.6 is 0 Å². The van der Waals surface area contributed by atoms with E-state index in [4.69, 9.17) is 0 Å². The summed E-state index contributed by atoms with van der Waals surface area (Å²) in [6, 6.07) is 1.97. The predicted molar refractivity (Wildman–Crippen MR) is 65.6 cm³/mol. The normalized spacial score (nSPS) is 19.7. The second kappa shape index (κ2) is 5.78. The first kappa shape index (κ1) is 14.8. The molecule has 110 valence electrons. The van der Waals surface area contributed by atoms with Gasteiger partial charge in [-0.05, 0) is 37.6 Å². The zero-order valence-electron chi connectivity index (χ0n) is 10.6. The summed E-state index contributed by atoms with van der Waals surface area (Å²) in [6.07, 6.45) is -3.12. The van der Waals surface area contributed by atoms with Crippen LogP contribution in [-0.2, 0) is 11.0 Å². The minimum Gasteiger partial charge on any atom is -0.323 e. The van der Waals surface area contributed by atoms with Crippen molar-refractivity contribution in [1.29, 1.82) is 0 Å². The van der Waals surface area contributed by atoms with Crippen molar-refractivity contribution in [3.63, 3.8) is 0 Å². The van der Waals surface area contributed by atoms with E-state index in [9.17, 15) is 22.4 Å². The van der Waals surface area contributed by atoms with Crippen LogP contribution in [0.25, 0.3) is 0 Å². The number of carbonyl (C=O) groups is 1. The second-order valence-electron chi connectivity index (χ2n) is 4.72. The third-order valence-corrected chi connectivity index (χ3v) is 3.22. The molecule has 0 aliphatic carbocycles. The lowest BCUT2D eigenvalue weighted by molar-refractivity contribution is -0.137. The summed E-state index contributed by atoms with van der Waals surface area (Å²) < 4.78 is 51.1. The van der Waals surface area contributed by atoms with Crippen LogP contribution in [0.5, 0.6) is 0 Å². The van der Waals surface area contributed by atoms with Crippen LogP contribution in [0.2, 0.25) is 0 Å². The van der Waals surface area contributed by atoms with Crippen molar-refractivity contribution in [1.82, 2.24) is 5.32 Å². The van der Waals surface area contributed by atoms with Crippen molar-refractivity contribution >= 4 is 11.6 Å². The molecule has 1 aliphatic heterocycles. The summed E-state index contributed by atoms with van der Waals surface area (Å²) in [7, 11) is 0. The summed E-state index contributed by atoms with van der Waals surface area (Å²) in [5.74, 6) is -1.69. The number of carbonyl (C=O) groups excluding carboxylic acids is 1. The number of halogens is 4. The van der Waals surface area contributed by atoms with E-state index in [-0.39, 0.29) is 5.92 Å². The Kier molecular flexibility index (Phi) is 4.27. The van der Waals surface area contributed by atoms with Gasteiger partial charge in [-0.3, -0.25) is 4.79 Å². The van der Waals surface area contributed by atoms with Gasteiger partial charge in [0.15, 0.2) is 0 Å². The molecule has 1 aliphatic rings. The van der Waals surface area contributed by atoms with Gasteiger partial charge >= 0.3 is 6.18 Å². The van der Waals surface area contributed by atoms with Crippen molar-refractivity contribution < 1.29 is 22.4 Å². The molecule has 1 saturated heterocycles. The Morgan fingerprint density at radius 2 is 2.10 bits per heavy atom. The fourth-order valence-corrected chi connectivity index (χ4v) is 2.11. The lowest BCUT2D eigenvalue weighted by Crippen LogP contribution is -2.37. The van der Waals surface area contributed by atoms with Crippen LogP contribution in [0.1, 0.15) is 18.4 Å². The van der Waals surface area contributed by atoms with E-state index in [1.165, 1.54) is 0 Å². The van der Waals surface area contributed by atoms with E-state index >= 15 is 0 Å². The van der Waals surface area contributed by atoms with Gasteiger partial charge in [0.05, 0.1) is 17.2 Å². The first-order valence-corrected chi connectivity index (χ1v) is 6.26. The molecule has 3 nitrogen and oxygen atoms in total. The van der Waals surface area contributed by atoms with E-state index in [2.05, 4.69) is 10.6 Å². The molecule has 0 spiro atoms. The topological polar surface area (TPSA) is 41.1 Å². The molecule has 2 rings (SSSR count).